The molecule has 17 heavy (non-hydrogen) atoms. The topological polar surface area (TPSA) is 81.4 Å². The summed E-state index contributed by atoms with van der Waals surface area (Å²) >= 11 is 10.4. The summed E-state index contributed by atoms with van der Waals surface area (Å²) in [5, 5.41) is 0.393. The Balaban J connectivity index is 2.92. The van der Waals surface area contributed by atoms with Gasteiger partial charge in [0.25, 0.3) is 0 Å². The van der Waals surface area contributed by atoms with Crippen LogP contribution in [0.15, 0.2) is 18.2 Å². The fraction of sp³-hybridized carbons (Fsp3) is 0.222. The summed E-state index contributed by atoms with van der Waals surface area (Å²) in [6.07, 6.45) is 0. The van der Waals surface area contributed by atoms with Crippen LogP contribution in [0.25, 0.3) is 0 Å². The number of nitrogens with two attached hydrogens (primary N) is 1. The highest BCUT2D eigenvalue weighted by Gasteiger charge is 2.13. The summed E-state index contributed by atoms with van der Waals surface area (Å²) in [6, 6.07) is 4.51. The number of methoxy groups -OCH3 is 1. The van der Waals surface area contributed by atoms with Gasteiger partial charge in [-0.3, -0.25) is 4.72 Å². The molecular formula is C9H11ClN2O3S2. The molecule has 0 saturated carbocycles. The molecule has 0 spiro atoms. The molecule has 3 N–H and O–H groups in total. The minimum atomic E-state index is -3.59. The van der Waals surface area contributed by atoms with Crippen LogP contribution < -0.4 is 15.2 Å². The van der Waals surface area contributed by atoms with Gasteiger partial charge in [-0.1, -0.05) is 23.8 Å². The molecule has 0 fully saturated rings. The highest BCUT2D eigenvalue weighted by molar-refractivity contribution is 7.95. The van der Waals surface area contributed by atoms with Gasteiger partial charge in [0.05, 0.1) is 22.8 Å². The van der Waals surface area contributed by atoms with Crippen LogP contribution in [0, 0.1) is 0 Å². The number of hydrogen-bond donors (Lipinski definition) is 2. The van der Waals surface area contributed by atoms with E-state index in [0.717, 1.165) is 0 Å². The van der Waals surface area contributed by atoms with Gasteiger partial charge in [-0.2, -0.15) is 0 Å². The van der Waals surface area contributed by atoms with Gasteiger partial charge in [-0.15, -0.1) is 0 Å². The van der Waals surface area contributed by atoms with Gasteiger partial charge in [0.2, 0.25) is 10.0 Å². The molecule has 1 rings (SSSR count). The van der Waals surface area contributed by atoms with Gasteiger partial charge in [0, 0.05) is 6.07 Å². The molecule has 0 aromatic heterocycles. The Labute approximate surface area is 110 Å². The maximum absolute atomic E-state index is 11.5. The van der Waals surface area contributed by atoms with Crippen molar-refractivity contribution in [3.8, 4) is 5.75 Å². The first-order chi connectivity index (χ1) is 7.84. The molecular weight excluding hydrogens is 284 g/mol. The second-order valence-electron chi connectivity index (χ2n) is 3.18. The van der Waals surface area contributed by atoms with Crippen molar-refractivity contribution in [1.29, 1.82) is 0 Å². The highest BCUT2D eigenvalue weighted by atomic mass is 35.5. The van der Waals surface area contributed by atoms with E-state index in [9.17, 15) is 8.42 Å². The van der Waals surface area contributed by atoms with Gasteiger partial charge in [0.15, 0.2) is 0 Å². The number of sulfonamides is 1. The lowest BCUT2D eigenvalue weighted by Crippen LogP contribution is -2.26. The molecule has 0 bridgehead atoms. The molecule has 0 aliphatic rings. The van der Waals surface area contributed by atoms with Crippen LogP contribution in [0.3, 0.4) is 0 Å². The molecule has 8 heteroatoms. The van der Waals surface area contributed by atoms with E-state index >= 15 is 0 Å². The van der Waals surface area contributed by atoms with Crippen LogP contribution in [0.4, 0.5) is 5.69 Å². The van der Waals surface area contributed by atoms with E-state index in [1.807, 2.05) is 0 Å². The van der Waals surface area contributed by atoms with Crippen molar-refractivity contribution in [3.05, 3.63) is 23.2 Å². The van der Waals surface area contributed by atoms with Gasteiger partial charge >= 0.3 is 0 Å². The summed E-state index contributed by atoms with van der Waals surface area (Å²) in [6.45, 7) is 0. The van der Waals surface area contributed by atoms with E-state index in [0.29, 0.717) is 16.5 Å². The summed E-state index contributed by atoms with van der Waals surface area (Å²) < 4.78 is 30.4. The number of hydrogen-bond acceptors (Lipinski definition) is 4. The predicted octanol–water partition coefficient (Wildman–Crippen LogP) is 1.38. The fourth-order valence-corrected chi connectivity index (χ4v) is 2.72. The third-order valence-electron chi connectivity index (χ3n) is 1.76. The maximum atomic E-state index is 11.5. The maximum Gasteiger partial charge on any atom is 0.239 e. The number of rotatable bonds is 5. The number of halogens is 1. The van der Waals surface area contributed by atoms with Crippen molar-refractivity contribution in [1.82, 2.24) is 0 Å². The van der Waals surface area contributed by atoms with Gasteiger partial charge in [0.1, 0.15) is 11.5 Å². The zero-order chi connectivity index (χ0) is 13.1. The lowest BCUT2D eigenvalue weighted by Gasteiger charge is -2.09. The van der Waals surface area contributed by atoms with Gasteiger partial charge in [-0.25, -0.2) is 8.42 Å². The molecule has 0 saturated heterocycles. The van der Waals surface area contributed by atoms with Crippen molar-refractivity contribution in [2.24, 2.45) is 5.73 Å². The lowest BCUT2D eigenvalue weighted by atomic mass is 10.3. The van der Waals surface area contributed by atoms with Crippen molar-refractivity contribution in [2.75, 3.05) is 17.6 Å². The van der Waals surface area contributed by atoms with Crippen LogP contribution in [-0.4, -0.2) is 26.3 Å². The first-order valence-corrected chi connectivity index (χ1v) is 6.90. The SMILES string of the molecule is COc1cc(NS(=O)(=O)CC(N)=S)ccc1Cl. The summed E-state index contributed by atoms with van der Waals surface area (Å²) in [5.74, 6) is -0.0324. The smallest absolute Gasteiger partial charge is 0.239 e. The fourth-order valence-electron chi connectivity index (χ4n) is 1.13. The Morgan fingerprint density at radius 1 is 1.59 bits per heavy atom. The van der Waals surface area contributed by atoms with E-state index in [1.165, 1.54) is 25.3 Å². The number of ether oxygens (including phenoxy) is 1. The first-order valence-electron chi connectivity index (χ1n) is 4.46. The van der Waals surface area contributed by atoms with Crippen LogP contribution in [-0.2, 0) is 10.0 Å². The van der Waals surface area contributed by atoms with Crippen molar-refractivity contribution >= 4 is 44.5 Å². The van der Waals surface area contributed by atoms with E-state index in [4.69, 9.17) is 22.1 Å². The monoisotopic (exact) mass is 294 g/mol. The molecule has 0 unspecified atom stereocenters. The average Bonchev–Trinajstić information content (AvgIpc) is 2.18. The van der Waals surface area contributed by atoms with Crippen molar-refractivity contribution < 1.29 is 13.2 Å². The Bertz CT molecular complexity index is 531. The second-order valence-corrected chi connectivity index (χ2v) is 5.83. The molecule has 0 heterocycles. The molecule has 5 nitrogen and oxygen atoms in total. The minimum Gasteiger partial charge on any atom is -0.495 e. The lowest BCUT2D eigenvalue weighted by molar-refractivity contribution is 0.415. The molecule has 0 aliphatic carbocycles. The predicted molar refractivity (Wildman–Crippen MR) is 72.2 cm³/mol. The zero-order valence-corrected chi connectivity index (χ0v) is 11.3. The third-order valence-corrected chi connectivity index (χ3v) is 3.63. The highest BCUT2D eigenvalue weighted by Crippen LogP contribution is 2.27. The molecule has 1 aromatic rings. The van der Waals surface area contributed by atoms with Crippen LogP contribution in [0.2, 0.25) is 5.02 Å². The number of anilines is 1. The Morgan fingerprint density at radius 3 is 2.76 bits per heavy atom. The third kappa shape index (κ3) is 4.37. The summed E-state index contributed by atoms with van der Waals surface area (Å²) in [5.41, 5.74) is 5.51. The molecule has 0 aliphatic heterocycles. The minimum absolute atomic E-state index is 0.0987. The standard InChI is InChI=1S/C9H11ClN2O3S2/c1-15-8-4-6(2-3-7(8)10)12-17(13,14)5-9(11)16/h2-4,12H,5H2,1H3,(H2,11,16). The van der Waals surface area contributed by atoms with Crippen LogP contribution in [0.1, 0.15) is 0 Å². The molecule has 0 amide bonds. The average molecular weight is 295 g/mol. The largest absolute Gasteiger partial charge is 0.495 e. The van der Waals surface area contributed by atoms with Crippen LogP contribution in [0.5, 0.6) is 5.75 Å². The van der Waals surface area contributed by atoms with E-state index in [2.05, 4.69) is 16.9 Å². The molecule has 1 aromatic carbocycles. The van der Waals surface area contributed by atoms with Crippen molar-refractivity contribution in [2.45, 2.75) is 0 Å². The molecule has 0 radical (unpaired) electrons. The Kier molecular flexibility index (Phi) is 4.55. The van der Waals surface area contributed by atoms with Crippen LogP contribution >= 0.6 is 23.8 Å². The second kappa shape index (κ2) is 5.52. The molecule has 94 valence electrons. The van der Waals surface area contributed by atoms with Crippen molar-refractivity contribution in [3.63, 3.8) is 0 Å². The van der Waals surface area contributed by atoms with E-state index in [1.54, 1.807) is 0 Å². The Hall–Kier alpha value is -1.05. The van der Waals surface area contributed by atoms with E-state index < -0.39 is 15.8 Å². The summed E-state index contributed by atoms with van der Waals surface area (Å²) in [4.78, 5) is -0.0987. The first kappa shape index (κ1) is 14.0. The normalized spacial score (nSPS) is 10.9. The zero-order valence-electron chi connectivity index (χ0n) is 8.94. The quantitative estimate of drug-likeness (QED) is 0.802. The van der Waals surface area contributed by atoms with E-state index in [-0.39, 0.29) is 4.99 Å². The number of nitrogens with one attached hydrogen (secondary N) is 1. The van der Waals surface area contributed by atoms with Gasteiger partial charge in [-0.05, 0) is 12.1 Å². The number of thiocarbonyl (C=S) groups is 1. The summed E-state index contributed by atoms with van der Waals surface area (Å²) in [7, 11) is -2.15. The number of benzene rings is 1. The molecule has 0 atom stereocenters. The van der Waals surface area contributed by atoms with Gasteiger partial charge < -0.3 is 10.5 Å². The Morgan fingerprint density at radius 2 is 2.24 bits per heavy atom.